The van der Waals surface area contributed by atoms with Crippen LogP contribution in [0.3, 0.4) is 0 Å². The monoisotopic (exact) mass is 339 g/mol. The van der Waals surface area contributed by atoms with Gasteiger partial charge in [0.2, 0.25) is 11.8 Å². The van der Waals surface area contributed by atoms with Gasteiger partial charge in [-0.15, -0.1) is 12.4 Å². The van der Waals surface area contributed by atoms with Crippen molar-refractivity contribution in [3.63, 3.8) is 0 Å². The molecule has 0 unspecified atom stereocenters. The average Bonchev–Trinajstić information content (AvgIpc) is 2.49. The molecule has 128 valence electrons. The summed E-state index contributed by atoms with van der Waals surface area (Å²) in [5.41, 5.74) is 4.09. The smallest absolute Gasteiger partial charge is 0.243 e. The zero-order chi connectivity index (χ0) is 16.1. The van der Waals surface area contributed by atoms with E-state index in [2.05, 4.69) is 16.0 Å². The summed E-state index contributed by atoms with van der Waals surface area (Å²) in [6, 6.07) is 4.08. The normalized spacial score (nSPS) is 14.7. The molecule has 0 bridgehead atoms. The number of anilines is 1. The van der Waals surface area contributed by atoms with Crippen LogP contribution in [0, 0.1) is 26.7 Å². The molecule has 0 aliphatic carbocycles. The number of piperidine rings is 1. The van der Waals surface area contributed by atoms with Crippen molar-refractivity contribution in [2.75, 3.05) is 25.0 Å². The Kier molecular flexibility index (Phi) is 7.52. The highest BCUT2D eigenvalue weighted by Crippen LogP contribution is 2.21. The van der Waals surface area contributed by atoms with Crippen LogP contribution in [0.25, 0.3) is 0 Å². The predicted molar refractivity (Wildman–Crippen MR) is 95.1 cm³/mol. The highest BCUT2D eigenvalue weighted by molar-refractivity contribution is 5.96. The SMILES string of the molecule is Cc1cc(C)c(NC(=O)CNC(=O)C2CCNCC2)c(C)c1.Cl. The molecule has 1 aromatic rings. The molecular formula is C17H26ClN3O2. The van der Waals surface area contributed by atoms with Gasteiger partial charge < -0.3 is 16.0 Å². The summed E-state index contributed by atoms with van der Waals surface area (Å²) in [4.78, 5) is 24.1. The van der Waals surface area contributed by atoms with Crippen molar-refractivity contribution in [3.05, 3.63) is 28.8 Å². The van der Waals surface area contributed by atoms with Gasteiger partial charge in [-0.25, -0.2) is 0 Å². The first-order valence-corrected chi connectivity index (χ1v) is 7.83. The Balaban J connectivity index is 0.00000264. The molecule has 6 heteroatoms. The fraction of sp³-hybridized carbons (Fsp3) is 0.529. The second-order valence-electron chi connectivity index (χ2n) is 6.06. The number of nitrogens with one attached hydrogen (secondary N) is 3. The Labute approximate surface area is 144 Å². The van der Waals surface area contributed by atoms with E-state index >= 15 is 0 Å². The van der Waals surface area contributed by atoms with Crippen LogP contribution in [-0.2, 0) is 9.59 Å². The van der Waals surface area contributed by atoms with E-state index in [0.717, 1.165) is 42.7 Å². The molecule has 0 spiro atoms. The minimum atomic E-state index is -0.183. The number of benzene rings is 1. The van der Waals surface area contributed by atoms with Crippen LogP contribution in [0.4, 0.5) is 5.69 Å². The molecular weight excluding hydrogens is 314 g/mol. The molecule has 1 saturated heterocycles. The molecule has 0 saturated carbocycles. The second kappa shape index (κ2) is 8.89. The van der Waals surface area contributed by atoms with Crippen LogP contribution in [0.15, 0.2) is 12.1 Å². The van der Waals surface area contributed by atoms with Crippen molar-refractivity contribution in [1.29, 1.82) is 0 Å². The van der Waals surface area contributed by atoms with E-state index in [4.69, 9.17) is 0 Å². The molecule has 2 amide bonds. The Morgan fingerprint density at radius 1 is 1.13 bits per heavy atom. The highest BCUT2D eigenvalue weighted by atomic mass is 35.5. The van der Waals surface area contributed by atoms with Crippen LogP contribution in [0.2, 0.25) is 0 Å². The summed E-state index contributed by atoms with van der Waals surface area (Å²) in [6.45, 7) is 7.74. The Morgan fingerprint density at radius 2 is 1.70 bits per heavy atom. The molecule has 23 heavy (non-hydrogen) atoms. The van der Waals surface area contributed by atoms with E-state index < -0.39 is 0 Å². The van der Waals surface area contributed by atoms with Gasteiger partial charge in [0.05, 0.1) is 6.54 Å². The molecule has 2 rings (SSSR count). The van der Waals surface area contributed by atoms with Crippen molar-refractivity contribution < 1.29 is 9.59 Å². The number of carbonyl (C=O) groups is 2. The predicted octanol–water partition coefficient (Wildman–Crippen LogP) is 2.09. The minimum absolute atomic E-state index is 0. The Hall–Kier alpha value is -1.59. The largest absolute Gasteiger partial charge is 0.347 e. The van der Waals surface area contributed by atoms with Crippen LogP contribution in [0.5, 0.6) is 0 Å². The van der Waals surface area contributed by atoms with E-state index in [0.29, 0.717) is 0 Å². The van der Waals surface area contributed by atoms with Crippen molar-refractivity contribution in [2.24, 2.45) is 5.92 Å². The minimum Gasteiger partial charge on any atom is -0.347 e. The average molecular weight is 340 g/mol. The van der Waals surface area contributed by atoms with Gasteiger partial charge in [0.25, 0.3) is 0 Å². The van der Waals surface area contributed by atoms with Gasteiger partial charge in [-0.1, -0.05) is 17.7 Å². The maximum absolute atomic E-state index is 12.1. The van der Waals surface area contributed by atoms with Gasteiger partial charge in [0, 0.05) is 11.6 Å². The quantitative estimate of drug-likeness (QED) is 0.786. The fourth-order valence-corrected chi connectivity index (χ4v) is 2.96. The van der Waals surface area contributed by atoms with Crippen LogP contribution in [-0.4, -0.2) is 31.4 Å². The summed E-state index contributed by atoms with van der Waals surface area (Å²) in [5, 5.41) is 8.87. The highest BCUT2D eigenvalue weighted by Gasteiger charge is 2.21. The third kappa shape index (κ3) is 5.52. The first-order valence-electron chi connectivity index (χ1n) is 7.83. The van der Waals surface area contributed by atoms with Gasteiger partial charge >= 0.3 is 0 Å². The lowest BCUT2D eigenvalue weighted by molar-refractivity contribution is -0.127. The standard InChI is InChI=1S/C17H25N3O2.ClH/c1-11-8-12(2)16(13(3)9-11)20-15(21)10-19-17(22)14-4-6-18-7-5-14;/h8-9,14,18H,4-7,10H2,1-3H3,(H,19,22)(H,20,21);1H. The van der Waals surface area contributed by atoms with Crippen molar-refractivity contribution >= 4 is 29.9 Å². The lowest BCUT2D eigenvalue weighted by Gasteiger charge is -2.21. The lowest BCUT2D eigenvalue weighted by Crippen LogP contribution is -2.41. The molecule has 0 atom stereocenters. The third-order valence-electron chi connectivity index (χ3n) is 4.07. The molecule has 0 aromatic heterocycles. The van der Waals surface area contributed by atoms with Crippen molar-refractivity contribution in [3.8, 4) is 0 Å². The number of carbonyl (C=O) groups excluding carboxylic acids is 2. The molecule has 1 aliphatic rings. The molecule has 1 aliphatic heterocycles. The van der Waals surface area contributed by atoms with Gasteiger partial charge in [0.1, 0.15) is 0 Å². The first kappa shape index (κ1) is 19.5. The molecule has 3 N–H and O–H groups in total. The van der Waals surface area contributed by atoms with Crippen LogP contribution < -0.4 is 16.0 Å². The van der Waals surface area contributed by atoms with E-state index in [1.54, 1.807) is 0 Å². The number of aryl methyl sites for hydroxylation is 3. The number of amides is 2. The molecule has 1 aromatic carbocycles. The van der Waals surface area contributed by atoms with Gasteiger partial charge in [-0.05, 0) is 57.8 Å². The van der Waals surface area contributed by atoms with E-state index in [1.165, 1.54) is 5.56 Å². The summed E-state index contributed by atoms with van der Waals surface area (Å²) in [5.74, 6) is -0.178. The fourth-order valence-electron chi connectivity index (χ4n) is 2.96. The Bertz CT molecular complexity index is 546. The lowest BCUT2D eigenvalue weighted by atomic mass is 9.97. The van der Waals surface area contributed by atoms with Gasteiger partial charge in [0.15, 0.2) is 0 Å². The third-order valence-corrected chi connectivity index (χ3v) is 4.07. The number of hydrogen-bond donors (Lipinski definition) is 3. The summed E-state index contributed by atoms with van der Waals surface area (Å²) in [7, 11) is 0. The van der Waals surface area contributed by atoms with Crippen molar-refractivity contribution in [1.82, 2.24) is 10.6 Å². The summed E-state index contributed by atoms with van der Waals surface area (Å²) in [6.07, 6.45) is 1.67. The number of hydrogen-bond acceptors (Lipinski definition) is 3. The van der Waals surface area contributed by atoms with Gasteiger partial charge in [-0.2, -0.15) is 0 Å². The second-order valence-corrected chi connectivity index (χ2v) is 6.06. The first-order chi connectivity index (χ1) is 10.5. The maximum atomic E-state index is 12.1. The van der Waals surface area contributed by atoms with Crippen LogP contribution in [0.1, 0.15) is 29.5 Å². The maximum Gasteiger partial charge on any atom is 0.243 e. The van der Waals surface area contributed by atoms with E-state index in [-0.39, 0.29) is 36.7 Å². The zero-order valence-corrected chi connectivity index (χ0v) is 14.8. The molecule has 0 radical (unpaired) electrons. The van der Waals surface area contributed by atoms with Crippen LogP contribution >= 0.6 is 12.4 Å². The topological polar surface area (TPSA) is 70.2 Å². The van der Waals surface area contributed by atoms with E-state index in [1.807, 2.05) is 32.9 Å². The molecule has 1 fully saturated rings. The number of halogens is 1. The molecule has 1 heterocycles. The Morgan fingerprint density at radius 3 is 2.26 bits per heavy atom. The van der Waals surface area contributed by atoms with E-state index in [9.17, 15) is 9.59 Å². The summed E-state index contributed by atoms with van der Waals surface area (Å²) < 4.78 is 0. The summed E-state index contributed by atoms with van der Waals surface area (Å²) >= 11 is 0. The molecule has 5 nitrogen and oxygen atoms in total. The van der Waals surface area contributed by atoms with Crippen molar-refractivity contribution in [2.45, 2.75) is 33.6 Å². The van der Waals surface area contributed by atoms with Gasteiger partial charge in [-0.3, -0.25) is 9.59 Å². The zero-order valence-electron chi connectivity index (χ0n) is 14.0. The number of rotatable bonds is 4.